The highest BCUT2D eigenvalue weighted by molar-refractivity contribution is 5.92. The highest BCUT2D eigenvalue weighted by Gasteiger charge is 2.65. The number of hydrogen-bond donors (Lipinski definition) is 2. The molecule has 6 atom stereocenters. The summed E-state index contributed by atoms with van der Waals surface area (Å²) in [6, 6.07) is 0. The second kappa shape index (κ2) is 5.06. The van der Waals surface area contributed by atoms with Gasteiger partial charge in [0.25, 0.3) is 0 Å². The number of primary amides is 1. The fourth-order valence-electron chi connectivity index (χ4n) is 6.84. The summed E-state index contributed by atoms with van der Waals surface area (Å²) in [4.78, 5) is 24.0. The summed E-state index contributed by atoms with van der Waals surface area (Å²) in [6.45, 7) is 6.49. The van der Waals surface area contributed by atoms with Crippen LogP contribution in [0.4, 0.5) is 0 Å². The van der Waals surface area contributed by atoms with E-state index in [1.807, 2.05) is 6.08 Å². The van der Waals surface area contributed by atoms with Crippen molar-refractivity contribution < 1.29 is 14.7 Å². The van der Waals surface area contributed by atoms with E-state index in [9.17, 15) is 14.7 Å². The van der Waals surface area contributed by atoms with Gasteiger partial charge < -0.3 is 10.8 Å². The van der Waals surface area contributed by atoms with Gasteiger partial charge in [-0.3, -0.25) is 9.59 Å². The Balaban J connectivity index is 1.80. The van der Waals surface area contributed by atoms with Crippen molar-refractivity contribution in [3.8, 4) is 0 Å². The van der Waals surface area contributed by atoms with Gasteiger partial charge in [-0.25, -0.2) is 0 Å². The van der Waals surface area contributed by atoms with Crippen molar-refractivity contribution in [1.82, 2.24) is 0 Å². The number of aliphatic hydroxyl groups is 1. The Morgan fingerprint density at radius 2 is 1.88 bits per heavy atom. The molecule has 0 unspecified atom stereocenters. The molecule has 4 aliphatic carbocycles. The van der Waals surface area contributed by atoms with E-state index in [2.05, 4.69) is 26.8 Å². The topological polar surface area (TPSA) is 80.4 Å². The first kappa shape index (κ1) is 17.0. The molecule has 0 radical (unpaired) electrons. The smallest absolute Gasteiger partial charge is 0.249 e. The molecule has 4 aliphatic rings. The second-order valence-corrected chi connectivity index (χ2v) is 9.30. The third-order valence-corrected chi connectivity index (χ3v) is 8.39. The van der Waals surface area contributed by atoms with Crippen molar-refractivity contribution in [2.75, 3.05) is 0 Å². The van der Waals surface area contributed by atoms with Crippen LogP contribution in [0.25, 0.3) is 0 Å². The Bertz CT molecular complexity index is 723. The molecule has 25 heavy (non-hydrogen) atoms. The van der Waals surface area contributed by atoms with Crippen molar-refractivity contribution >= 4 is 11.7 Å². The molecule has 1 amide bonds. The summed E-state index contributed by atoms with van der Waals surface area (Å²) in [5.41, 5.74) is 6.24. The van der Waals surface area contributed by atoms with Crippen LogP contribution in [-0.2, 0) is 9.59 Å². The van der Waals surface area contributed by atoms with Crippen LogP contribution in [0.15, 0.2) is 23.3 Å². The molecule has 4 nitrogen and oxygen atoms in total. The zero-order valence-electron chi connectivity index (χ0n) is 15.5. The Morgan fingerprint density at radius 1 is 1.20 bits per heavy atom. The lowest BCUT2D eigenvalue weighted by atomic mass is 9.47. The third kappa shape index (κ3) is 1.98. The van der Waals surface area contributed by atoms with Crippen LogP contribution in [0.3, 0.4) is 0 Å². The monoisotopic (exact) mass is 343 g/mol. The van der Waals surface area contributed by atoms with Crippen molar-refractivity contribution in [2.45, 2.75) is 64.9 Å². The molecule has 0 aromatic heterocycles. The fraction of sp³-hybridized carbons (Fsp3) is 0.714. The molecule has 0 aromatic rings. The van der Waals surface area contributed by atoms with Gasteiger partial charge in [-0.2, -0.15) is 0 Å². The van der Waals surface area contributed by atoms with Crippen LogP contribution < -0.4 is 5.73 Å². The van der Waals surface area contributed by atoms with Crippen LogP contribution in [-0.4, -0.2) is 22.4 Å². The molecule has 2 saturated carbocycles. The van der Waals surface area contributed by atoms with E-state index in [1.165, 1.54) is 11.1 Å². The third-order valence-electron chi connectivity index (χ3n) is 8.39. The van der Waals surface area contributed by atoms with Gasteiger partial charge in [-0.15, -0.1) is 0 Å². The molecule has 0 aromatic carbocycles. The summed E-state index contributed by atoms with van der Waals surface area (Å²) in [5, 5.41) is 11.1. The van der Waals surface area contributed by atoms with Gasteiger partial charge in [0.1, 0.15) is 5.60 Å². The zero-order valence-corrected chi connectivity index (χ0v) is 15.5. The minimum Gasteiger partial charge on any atom is -0.379 e. The lowest BCUT2D eigenvalue weighted by Crippen LogP contribution is -2.58. The number of hydrogen-bond acceptors (Lipinski definition) is 3. The quantitative estimate of drug-likeness (QED) is 0.768. The van der Waals surface area contributed by atoms with E-state index < -0.39 is 16.9 Å². The molecule has 0 bridgehead atoms. The van der Waals surface area contributed by atoms with Gasteiger partial charge >= 0.3 is 0 Å². The summed E-state index contributed by atoms with van der Waals surface area (Å²) >= 11 is 0. The Kier molecular flexibility index (Phi) is 3.45. The van der Waals surface area contributed by atoms with E-state index in [0.717, 1.165) is 25.7 Å². The van der Waals surface area contributed by atoms with Crippen molar-refractivity contribution in [3.05, 3.63) is 23.3 Å². The predicted octanol–water partition coefficient (Wildman–Crippen LogP) is 2.90. The molecule has 2 fully saturated rings. The number of ketones is 1. The highest BCUT2D eigenvalue weighted by Crippen LogP contribution is 2.66. The molecule has 3 N–H and O–H groups in total. The second-order valence-electron chi connectivity index (χ2n) is 9.30. The normalized spacial score (nSPS) is 48.8. The van der Waals surface area contributed by atoms with E-state index in [4.69, 9.17) is 5.73 Å². The highest BCUT2D eigenvalue weighted by atomic mass is 16.3. The molecule has 4 rings (SSSR count). The minimum absolute atomic E-state index is 0.0339. The van der Waals surface area contributed by atoms with E-state index in [-0.39, 0.29) is 17.1 Å². The minimum atomic E-state index is -1.38. The lowest BCUT2D eigenvalue weighted by Gasteiger charge is -2.57. The Hall–Kier alpha value is -1.42. The largest absolute Gasteiger partial charge is 0.379 e. The van der Waals surface area contributed by atoms with Gasteiger partial charge in [-0.05, 0) is 73.8 Å². The Labute approximate surface area is 149 Å². The average Bonchev–Trinajstić information content (AvgIpc) is 2.83. The molecular weight excluding hydrogens is 314 g/mol. The first-order chi connectivity index (χ1) is 11.6. The van der Waals surface area contributed by atoms with Gasteiger partial charge in [0.2, 0.25) is 5.91 Å². The van der Waals surface area contributed by atoms with Crippen LogP contribution in [0.1, 0.15) is 59.3 Å². The molecule has 0 spiro atoms. The molecule has 0 heterocycles. The zero-order chi connectivity index (χ0) is 18.2. The number of carbonyl (C=O) groups is 2. The number of allylic oxidation sites excluding steroid dienone is 4. The van der Waals surface area contributed by atoms with E-state index >= 15 is 0 Å². The molecule has 0 aliphatic heterocycles. The maximum Gasteiger partial charge on any atom is 0.249 e. The Morgan fingerprint density at radius 3 is 2.56 bits per heavy atom. The molecule has 4 heteroatoms. The standard InChI is InChI=1S/C21H29NO3/c1-12-10-14-15(19(2)7-4-13(23)11-17(12)19)5-8-20(3)16(14)6-9-21(20,25)18(22)24/h10-11,14-16,25H,4-9H2,1-3H3,(H2,22,24)/t14-,15+,16+,19-,20+,21+/m1/s1. The summed E-state index contributed by atoms with van der Waals surface area (Å²) in [7, 11) is 0. The van der Waals surface area contributed by atoms with E-state index in [1.54, 1.807) is 0 Å². The molecule has 136 valence electrons. The fourth-order valence-corrected chi connectivity index (χ4v) is 6.84. The summed E-state index contributed by atoms with van der Waals surface area (Å²) < 4.78 is 0. The number of carbonyl (C=O) groups excluding carboxylic acids is 2. The van der Waals surface area contributed by atoms with Crippen LogP contribution in [0, 0.1) is 28.6 Å². The maximum absolute atomic E-state index is 12.0. The van der Waals surface area contributed by atoms with Crippen molar-refractivity contribution in [1.29, 1.82) is 0 Å². The number of fused-ring (bicyclic) bond motifs is 5. The van der Waals surface area contributed by atoms with Gasteiger partial charge in [0, 0.05) is 11.8 Å². The SMILES string of the molecule is CC1=C[C@@H]2[C@H](CC[C@@]3(C)[C@H]2CC[C@]3(O)C(N)=O)[C@@]2(C)CCC(=O)C=C12. The average molecular weight is 343 g/mol. The van der Waals surface area contributed by atoms with Crippen LogP contribution >= 0.6 is 0 Å². The number of nitrogens with two attached hydrogens (primary N) is 1. The van der Waals surface area contributed by atoms with Crippen LogP contribution in [0.5, 0.6) is 0 Å². The first-order valence-corrected chi connectivity index (χ1v) is 9.59. The number of rotatable bonds is 1. The van der Waals surface area contributed by atoms with Crippen molar-refractivity contribution in [2.24, 2.45) is 34.3 Å². The maximum atomic E-state index is 12.0. The van der Waals surface area contributed by atoms with Gasteiger partial charge in [0.15, 0.2) is 5.78 Å². The summed E-state index contributed by atoms with van der Waals surface area (Å²) in [6.07, 6.45) is 8.84. The summed E-state index contributed by atoms with van der Waals surface area (Å²) in [5.74, 6) is 0.770. The van der Waals surface area contributed by atoms with Crippen molar-refractivity contribution in [3.63, 3.8) is 0 Å². The predicted molar refractivity (Wildman–Crippen MR) is 95.4 cm³/mol. The van der Waals surface area contributed by atoms with Crippen LogP contribution in [0.2, 0.25) is 0 Å². The van der Waals surface area contributed by atoms with Gasteiger partial charge in [-0.1, -0.05) is 25.5 Å². The van der Waals surface area contributed by atoms with Gasteiger partial charge in [0.05, 0.1) is 0 Å². The van der Waals surface area contributed by atoms with E-state index in [0.29, 0.717) is 24.7 Å². The molecule has 0 saturated heterocycles. The first-order valence-electron chi connectivity index (χ1n) is 9.59. The lowest BCUT2D eigenvalue weighted by molar-refractivity contribution is -0.157. The molecular formula is C21H29NO3. The number of amides is 1.